The van der Waals surface area contributed by atoms with Crippen LogP contribution in [0.5, 0.6) is 0 Å². The first-order valence-electron chi connectivity index (χ1n) is 9.32. The van der Waals surface area contributed by atoms with Gasteiger partial charge in [-0.25, -0.2) is 4.39 Å². The minimum atomic E-state index is -0.841. The van der Waals surface area contributed by atoms with E-state index in [0.717, 1.165) is 12.5 Å². The summed E-state index contributed by atoms with van der Waals surface area (Å²) in [6.07, 6.45) is 1.29. The number of carbonyl (C=O) groups is 4. The molecule has 1 saturated heterocycles. The summed E-state index contributed by atoms with van der Waals surface area (Å²) in [6.45, 7) is -0.430. The molecule has 3 rings (SSSR count). The van der Waals surface area contributed by atoms with Crippen LogP contribution in [-0.2, 0) is 19.1 Å². The molecule has 0 saturated carbocycles. The van der Waals surface area contributed by atoms with Crippen molar-refractivity contribution in [1.29, 1.82) is 0 Å². The Balaban J connectivity index is 1.44. The molecule has 2 aromatic carbocycles. The molecule has 0 bridgehead atoms. The molecule has 30 heavy (non-hydrogen) atoms. The lowest BCUT2D eigenvalue weighted by molar-refractivity contribution is -0.146. The summed E-state index contributed by atoms with van der Waals surface area (Å²) in [5.74, 6) is -2.85. The summed E-state index contributed by atoms with van der Waals surface area (Å²) in [5.41, 5.74) is 0.948. The minimum Gasteiger partial charge on any atom is -0.454 e. The molecule has 1 aliphatic rings. The molecule has 2 aromatic rings. The van der Waals surface area contributed by atoms with Crippen LogP contribution >= 0.6 is 0 Å². The van der Waals surface area contributed by atoms with E-state index in [1.807, 2.05) is 0 Å². The van der Waals surface area contributed by atoms with E-state index in [-0.39, 0.29) is 11.5 Å². The van der Waals surface area contributed by atoms with Gasteiger partial charge in [-0.1, -0.05) is 18.2 Å². The van der Waals surface area contributed by atoms with Crippen LogP contribution in [0.4, 0.5) is 15.8 Å². The van der Waals surface area contributed by atoms with E-state index in [1.54, 1.807) is 29.2 Å². The van der Waals surface area contributed by atoms with Crippen LogP contribution in [0.2, 0.25) is 0 Å². The Hall–Kier alpha value is -3.75. The van der Waals surface area contributed by atoms with Gasteiger partial charge in [0.1, 0.15) is 12.4 Å². The fourth-order valence-corrected chi connectivity index (χ4v) is 2.96. The highest BCUT2D eigenvalue weighted by Crippen LogP contribution is 2.24. The third-order valence-electron chi connectivity index (χ3n) is 4.39. The largest absolute Gasteiger partial charge is 0.454 e. The molecule has 1 heterocycles. The molecule has 1 aliphatic heterocycles. The first kappa shape index (κ1) is 21.0. The Morgan fingerprint density at radius 1 is 1.10 bits per heavy atom. The molecule has 156 valence electrons. The number of nitrogens with one attached hydrogen (secondary N) is 2. The van der Waals surface area contributed by atoms with Gasteiger partial charge in [0.25, 0.3) is 11.8 Å². The summed E-state index contributed by atoms with van der Waals surface area (Å²) >= 11 is 0. The number of benzene rings is 2. The van der Waals surface area contributed by atoms with Gasteiger partial charge in [-0.15, -0.1) is 0 Å². The minimum absolute atomic E-state index is 0.0323. The number of nitrogens with zero attached hydrogens (tertiary/aromatic N) is 1. The molecule has 3 amide bonds. The van der Waals surface area contributed by atoms with Crippen LogP contribution in [0.3, 0.4) is 0 Å². The van der Waals surface area contributed by atoms with Crippen LogP contribution in [0.15, 0.2) is 48.5 Å². The maximum atomic E-state index is 13.5. The first-order chi connectivity index (χ1) is 14.4. The van der Waals surface area contributed by atoms with E-state index in [0.29, 0.717) is 24.3 Å². The molecule has 0 radical (unpaired) electrons. The standard InChI is InChI=1S/C21H20FN3O5/c22-17-8-2-1-7-16(17)21(29)23-12-20(28)30-13-18(26)24-14-5-3-6-15(11-14)25-10-4-9-19(25)27/h1-3,5-8,11H,4,9-10,12-13H2,(H,23,29)(H,24,26). The molecule has 2 N–H and O–H groups in total. The van der Waals surface area contributed by atoms with Gasteiger partial charge in [0.15, 0.2) is 6.61 Å². The van der Waals surface area contributed by atoms with Gasteiger partial charge < -0.3 is 20.3 Å². The number of rotatable bonds is 7. The van der Waals surface area contributed by atoms with Crippen LogP contribution < -0.4 is 15.5 Å². The zero-order valence-corrected chi connectivity index (χ0v) is 16.0. The van der Waals surface area contributed by atoms with Crippen molar-refractivity contribution in [3.8, 4) is 0 Å². The zero-order valence-electron chi connectivity index (χ0n) is 16.0. The Labute approximate surface area is 172 Å². The van der Waals surface area contributed by atoms with Crippen molar-refractivity contribution < 1.29 is 28.3 Å². The Morgan fingerprint density at radius 2 is 1.90 bits per heavy atom. The predicted molar refractivity (Wildman–Crippen MR) is 106 cm³/mol. The third-order valence-corrected chi connectivity index (χ3v) is 4.39. The second-order valence-electron chi connectivity index (χ2n) is 6.57. The molecular weight excluding hydrogens is 393 g/mol. The van der Waals surface area contributed by atoms with Crippen molar-refractivity contribution in [2.75, 3.05) is 29.9 Å². The molecule has 0 aromatic heterocycles. The van der Waals surface area contributed by atoms with E-state index < -0.39 is 36.8 Å². The summed E-state index contributed by atoms with van der Waals surface area (Å²) in [5, 5.41) is 4.82. The lowest BCUT2D eigenvalue weighted by atomic mass is 10.2. The number of amides is 3. The highest BCUT2D eigenvalue weighted by atomic mass is 19.1. The molecule has 0 unspecified atom stereocenters. The smallest absolute Gasteiger partial charge is 0.325 e. The van der Waals surface area contributed by atoms with Crippen LogP contribution in [-0.4, -0.2) is 43.4 Å². The number of carbonyl (C=O) groups excluding carboxylic acids is 4. The second-order valence-corrected chi connectivity index (χ2v) is 6.57. The van der Waals surface area contributed by atoms with Gasteiger partial charge in [-0.3, -0.25) is 19.2 Å². The SMILES string of the molecule is O=C(COC(=O)CNC(=O)c1ccccc1F)Nc1cccc(N2CCCC2=O)c1. The first-order valence-corrected chi connectivity index (χ1v) is 9.32. The van der Waals surface area contributed by atoms with E-state index in [9.17, 15) is 23.6 Å². The maximum absolute atomic E-state index is 13.5. The van der Waals surface area contributed by atoms with Crippen LogP contribution in [0.1, 0.15) is 23.2 Å². The monoisotopic (exact) mass is 413 g/mol. The number of anilines is 2. The average molecular weight is 413 g/mol. The average Bonchev–Trinajstić information content (AvgIpc) is 3.17. The molecule has 0 aliphatic carbocycles. The van der Waals surface area contributed by atoms with Crippen LogP contribution in [0.25, 0.3) is 0 Å². The fourth-order valence-electron chi connectivity index (χ4n) is 2.96. The lowest BCUT2D eigenvalue weighted by Gasteiger charge is -2.16. The summed E-state index contributed by atoms with van der Waals surface area (Å²) < 4.78 is 18.3. The Kier molecular flexibility index (Phi) is 6.74. The number of hydrogen-bond acceptors (Lipinski definition) is 5. The van der Waals surface area contributed by atoms with E-state index in [4.69, 9.17) is 4.74 Å². The molecule has 0 spiro atoms. The summed E-state index contributed by atoms with van der Waals surface area (Å²) in [4.78, 5) is 49.1. The number of halogens is 1. The number of hydrogen-bond donors (Lipinski definition) is 2. The predicted octanol–water partition coefficient (Wildman–Crippen LogP) is 1.86. The van der Waals surface area contributed by atoms with E-state index in [1.165, 1.54) is 18.2 Å². The number of ether oxygens (including phenoxy) is 1. The van der Waals surface area contributed by atoms with Crippen molar-refractivity contribution >= 4 is 35.1 Å². The quantitative estimate of drug-likeness (QED) is 0.675. The van der Waals surface area contributed by atoms with Gasteiger partial charge >= 0.3 is 5.97 Å². The Bertz CT molecular complexity index is 979. The zero-order chi connectivity index (χ0) is 21.5. The van der Waals surface area contributed by atoms with Crippen LogP contribution in [0, 0.1) is 5.82 Å². The molecular formula is C21H20FN3O5. The van der Waals surface area contributed by atoms with Gasteiger partial charge in [-0.05, 0) is 36.8 Å². The maximum Gasteiger partial charge on any atom is 0.325 e. The van der Waals surface area contributed by atoms with Gasteiger partial charge in [0, 0.05) is 24.3 Å². The van der Waals surface area contributed by atoms with E-state index in [2.05, 4.69) is 10.6 Å². The molecule has 0 atom stereocenters. The normalized spacial score (nSPS) is 13.1. The second kappa shape index (κ2) is 9.64. The molecule has 8 nitrogen and oxygen atoms in total. The van der Waals surface area contributed by atoms with Gasteiger partial charge in [0.2, 0.25) is 5.91 Å². The van der Waals surface area contributed by atoms with Crippen molar-refractivity contribution in [1.82, 2.24) is 5.32 Å². The molecule has 9 heteroatoms. The fraction of sp³-hybridized carbons (Fsp3) is 0.238. The summed E-state index contributed by atoms with van der Waals surface area (Å²) in [7, 11) is 0. The van der Waals surface area contributed by atoms with Crippen molar-refractivity contribution in [2.24, 2.45) is 0 Å². The summed E-state index contributed by atoms with van der Waals surface area (Å²) in [6, 6.07) is 12.2. The van der Waals surface area contributed by atoms with Gasteiger partial charge in [0.05, 0.1) is 5.56 Å². The molecule has 1 fully saturated rings. The number of esters is 1. The lowest BCUT2D eigenvalue weighted by Crippen LogP contribution is -2.32. The Morgan fingerprint density at radius 3 is 2.63 bits per heavy atom. The highest BCUT2D eigenvalue weighted by Gasteiger charge is 2.22. The van der Waals surface area contributed by atoms with Gasteiger partial charge in [-0.2, -0.15) is 0 Å². The third kappa shape index (κ3) is 5.40. The van der Waals surface area contributed by atoms with Crippen molar-refractivity contribution in [3.63, 3.8) is 0 Å². The van der Waals surface area contributed by atoms with E-state index >= 15 is 0 Å². The topological polar surface area (TPSA) is 105 Å². The van der Waals surface area contributed by atoms with Crippen molar-refractivity contribution in [3.05, 3.63) is 59.9 Å². The highest BCUT2D eigenvalue weighted by molar-refractivity contribution is 5.98. The van der Waals surface area contributed by atoms with Crippen molar-refractivity contribution in [2.45, 2.75) is 12.8 Å².